The van der Waals surface area contributed by atoms with Crippen LogP contribution in [0.25, 0.3) is 0 Å². The number of nitrogens with zero attached hydrogens (tertiary/aromatic N) is 2. The minimum absolute atomic E-state index is 0.614. The minimum Gasteiger partial charge on any atom is -0.492 e. The maximum Gasteiger partial charge on any atom is 0.142 e. The Labute approximate surface area is 141 Å². The molecule has 0 saturated heterocycles. The molecule has 1 heterocycles. The van der Waals surface area contributed by atoms with E-state index in [1.807, 2.05) is 55.5 Å². The van der Waals surface area contributed by atoms with E-state index in [4.69, 9.17) is 4.74 Å². The van der Waals surface area contributed by atoms with Crippen LogP contribution in [0.2, 0.25) is 0 Å². The molecule has 0 aliphatic carbocycles. The van der Waals surface area contributed by atoms with Crippen molar-refractivity contribution < 1.29 is 4.74 Å². The van der Waals surface area contributed by atoms with Gasteiger partial charge in [-0.15, -0.1) is 0 Å². The highest BCUT2D eigenvalue weighted by Crippen LogP contribution is 2.27. The molecule has 1 aromatic heterocycles. The zero-order valence-electron chi connectivity index (χ0n) is 13.8. The van der Waals surface area contributed by atoms with E-state index in [9.17, 15) is 0 Å². The van der Waals surface area contributed by atoms with Gasteiger partial charge >= 0.3 is 0 Å². The Morgan fingerprint density at radius 2 is 1.50 bits per heavy atom. The summed E-state index contributed by atoms with van der Waals surface area (Å²) in [6.45, 7) is 4.63. The summed E-state index contributed by atoms with van der Waals surface area (Å²) < 4.78 is 5.63. The molecule has 0 fully saturated rings. The average Bonchev–Trinajstić information content (AvgIpc) is 2.59. The summed E-state index contributed by atoms with van der Waals surface area (Å²) in [5, 5.41) is 6.60. The number of para-hydroxylation sites is 3. The summed E-state index contributed by atoms with van der Waals surface area (Å²) in [5.74, 6) is 2.23. The van der Waals surface area contributed by atoms with Crippen LogP contribution in [0, 0.1) is 6.92 Å². The molecule has 0 atom stereocenters. The summed E-state index contributed by atoms with van der Waals surface area (Å²) in [4.78, 5) is 8.56. The molecule has 0 radical (unpaired) electrons. The highest BCUT2D eigenvalue weighted by molar-refractivity contribution is 5.67. The molecular formula is C19H20N4O. The van der Waals surface area contributed by atoms with Crippen LogP contribution in [0.1, 0.15) is 12.5 Å². The molecule has 5 nitrogen and oxygen atoms in total. The molecule has 0 amide bonds. The van der Waals surface area contributed by atoms with E-state index in [2.05, 4.69) is 33.6 Å². The SMILES string of the molecule is CCOc1ccccc1Nc1cc(Nc2ccccc2C)ncn1. The molecule has 122 valence electrons. The van der Waals surface area contributed by atoms with E-state index < -0.39 is 0 Å². The molecule has 0 aliphatic heterocycles. The molecule has 0 bridgehead atoms. The minimum atomic E-state index is 0.614. The lowest BCUT2D eigenvalue weighted by Gasteiger charge is -2.13. The monoisotopic (exact) mass is 320 g/mol. The maximum absolute atomic E-state index is 5.63. The van der Waals surface area contributed by atoms with Gasteiger partial charge in [0.2, 0.25) is 0 Å². The van der Waals surface area contributed by atoms with Crippen molar-refractivity contribution >= 4 is 23.0 Å². The second-order valence-corrected chi connectivity index (χ2v) is 5.28. The van der Waals surface area contributed by atoms with Gasteiger partial charge in [-0.05, 0) is 37.6 Å². The van der Waals surface area contributed by atoms with Crippen LogP contribution in [0.15, 0.2) is 60.9 Å². The van der Waals surface area contributed by atoms with Crippen molar-refractivity contribution in [3.05, 3.63) is 66.5 Å². The van der Waals surface area contributed by atoms with Gasteiger partial charge in [0.15, 0.2) is 0 Å². The van der Waals surface area contributed by atoms with E-state index >= 15 is 0 Å². The van der Waals surface area contributed by atoms with Crippen molar-refractivity contribution in [3.63, 3.8) is 0 Å². The van der Waals surface area contributed by atoms with Crippen LogP contribution in [-0.2, 0) is 0 Å². The van der Waals surface area contributed by atoms with E-state index in [0.29, 0.717) is 12.4 Å². The highest BCUT2D eigenvalue weighted by Gasteiger charge is 2.05. The van der Waals surface area contributed by atoms with Gasteiger partial charge in [0.05, 0.1) is 12.3 Å². The molecule has 24 heavy (non-hydrogen) atoms. The lowest BCUT2D eigenvalue weighted by Crippen LogP contribution is -2.01. The summed E-state index contributed by atoms with van der Waals surface area (Å²) in [6, 6.07) is 17.7. The zero-order valence-corrected chi connectivity index (χ0v) is 13.8. The summed E-state index contributed by atoms with van der Waals surface area (Å²) in [7, 11) is 0. The average molecular weight is 320 g/mol. The number of aromatic nitrogens is 2. The third-order valence-corrected chi connectivity index (χ3v) is 3.52. The Balaban J connectivity index is 1.80. The van der Waals surface area contributed by atoms with Gasteiger partial charge in [-0.1, -0.05) is 30.3 Å². The summed E-state index contributed by atoms with van der Waals surface area (Å²) in [5.41, 5.74) is 3.06. The first kappa shape index (κ1) is 15.8. The van der Waals surface area contributed by atoms with Crippen LogP contribution in [-0.4, -0.2) is 16.6 Å². The number of ether oxygens (including phenoxy) is 1. The first-order chi connectivity index (χ1) is 11.8. The van der Waals surface area contributed by atoms with Crippen LogP contribution in [0.3, 0.4) is 0 Å². The standard InChI is InChI=1S/C19H20N4O/c1-3-24-17-11-7-6-10-16(17)23-19-12-18(20-13-21-19)22-15-9-5-4-8-14(15)2/h4-13H,3H2,1-2H3,(H2,20,21,22,23). The molecule has 2 N–H and O–H groups in total. The zero-order chi connectivity index (χ0) is 16.8. The third kappa shape index (κ3) is 3.81. The fourth-order valence-corrected chi connectivity index (χ4v) is 2.33. The Morgan fingerprint density at radius 1 is 0.875 bits per heavy atom. The van der Waals surface area contributed by atoms with Gasteiger partial charge in [0, 0.05) is 11.8 Å². The van der Waals surface area contributed by atoms with E-state index in [1.54, 1.807) is 0 Å². The van der Waals surface area contributed by atoms with Crippen LogP contribution < -0.4 is 15.4 Å². The van der Waals surface area contributed by atoms with Gasteiger partial charge in [-0.25, -0.2) is 9.97 Å². The third-order valence-electron chi connectivity index (χ3n) is 3.52. The summed E-state index contributed by atoms with van der Waals surface area (Å²) >= 11 is 0. The quantitative estimate of drug-likeness (QED) is 0.691. The van der Waals surface area contributed by atoms with Gasteiger partial charge in [-0.2, -0.15) is 0 Å². The maximum atomic E-state index is 5.63. The highest BCUT2D eigenvalue weighted by atomic mass is 16.5. The second-order valence-electron chi connectivity index (χ2n) is 5.28. The number of hydrogen-bond donors (Lipinski definition) is 2. The van der Waals surface area contributed by atoms with Gasteiger partial charge in [0.25, 0.3) is 0 Å². The Kier molecular flexibility index (Phi) is 4.91. The van der Waals surface area contributed by atoms with Gasteiger partial charge < -0.3 is 15.4 Å². The van der Waals surface area contributed by atoms with Crippen molar-refractivity contribution in [3.8, 4) is 5.75 Å². The number of aryl methyl sites for hydroxylation is 1. The smallest absolute Gasteiger partial charge is 0.142 e. The largest absolute Gasteiger partial charge is 0.492 e. The first-order valence-electron chi connectivity index (χ1n) is 7.90. The van der Waals surface area contributed by atoms with E-state index in [-0.39, 0.29) is 0 Å². The lowest BCUT2D eigenvalue weighted by atomic mass is 10.2. The lowest BCUT2D eigenvalue weighted by molar-refractivity contribution is 0.342. The molecule has 3 aromatic rings. The van der Waals surface area contributed by atoms with Gasteiger partial charge in [-0.3, -0.25) is 0 Å². The molecule has 3 rings (SSSR count). The normalized spacial score (nSPS) is 10.2. The van der Waals surface area contributed by atoms with Crippen molar-refractivity contribution in [2.45, 2.75) is 13.8 Å². The predicted octanol–water partition coefficient (Wildman–Crippen LogP) is 4.67. The number of anilines is 4. The topological polar surface area (TPSA) is 59.1 Å². The van der Waals surface area contributed by atoms with Crippen LogP contribution in [0.5, 0.6) is 5.75 Å². The van der Waals surface area contributed by atoms with Crippen LogP contribution >= 0.6 is 0 Å². The van der Waals surface area contributed by atoms with Crippen molar-refractivity contribution in [2.75, 3.05) is 17.2 Å². The summed E-state index contributed by atoms with van der Waals surface area (Å²) in [6.07, 6.45) is 1.53. The molecule has 5 heteroatoms. The number of rotatable bonds is 6. The van der Waals surface area contributed by atoms with Crippen LogP contribution in [0.4, 0.5) is 23.0 Å². The van der Waals surface area contributed by atoms with Crippen molar-refractivity contribution in [1.29, 1.82) is 0 Å². The van der Waals surface area contributed by atoms with Crippen molar-refractivity contribution in [2.24, 2.45) is 0 Å². The van der Waals surface area contributed by atoms with Crippen molar-refractivity contribution in [1.82, 2.24) is 9.97 Å². The molecule has 0 unspecified atom stereocenters. The second kappa shape index (κ2) is 7.46. The van der Waals surface area contributed by atoms with E-state index in [1.165, 1.54) is 6.33 Å². The number of benzene rings is 2. The number of nitrogens with one attached hydrogen (secondary N) is 2. The Morgan fingerprint density at radius 3 is 2.21 bits per heavy atom. The number of hydrogen-bond acceptors (Lipinski definition) is 5. The molecule has 0 saturated carbocycles. The molecule has 0 aliphatic rings. The first-order valence-corrected chi connectivity index (χ1v) is 7.90. The molecule has 2 aromatic carbocycles. The molecule has 0 spiro atoms. The fraction of sp³-hybridized carbons (Fsp3) is 0.158. The Bertz CT molecular complexity index is 820. The molecular weight excluding hydrogens is 300 g/mol. The fourth-order valence-electron chi connectivity index (χ4n) is 2.33. The van der Waals surface area contributed by atoms with Gasteiger partial charge in [0.1, 0.15) is 23.7 Å². The Hall–Kier alpha value is -3.08. The predicted molar refractivity (Wildman–Crippen MR) is 97.4 cm³/mol. The van der Waals surface area contributed by atoms with E-state index in [0.717, 1.165) is 28.5 Å².